The van der Waals surface area contributed by atoms with Crippen LogP contribution in [0.5, 0.6) is 0 Å². The summed E-state index contributed by atoms with van der Waals surface area (Å²) in [5.41, 5.74) is 1.78. The molecular formula is C15H12ClNO4S2. The van der Waals surface area contributed by atoms with Crippen LogP contribution < -0.4 is 0 Å². The number of carboxylic acids is 1. The third-order valence-corrected chi connectivity index (χ3v) is 5.41. The van der Waals surface area contributed by atoms with Gasteiger partial charge in [0.25, 0.3) is 0 Å². The molecule has 0 amide bonds. The lowest BCUT2D eigenvalue weighted by Crippen LogP contribution is -2.02. The number of benzene rings is 1. The standard InChI is InChI=1S/C15H12ClNO4S2/c1-23(20,21)7-9-3-2-8(6-11(9)16)12-10-4-5-22-14(10)17-13(12)15(18)19/h2-6,17H,7H2,1H3,(H,18,19). The number of sulfone groups is 1. The molecule has 120 valence electrons. The number of carbonyl (C=O) groups is 1. The van der Waals surface area contributed by atoms with Crippen molar-refractivity contribution in [2.45, 2.75) is 5.75 Å². The number of halogens is 1. The van der Waals surface area contributed by atoms with Gasteiger partial charge in [-0.15, -0.1) is 11.3 Å². The van der Waals surface area contributed by atoms with Crippen molar-refractivity contribution in [3.05, 3.63) is 45.9 Å². The van der Waals surface area contributed by atoms with Gasteiger partial charge in [0.2, 0.25) is 0 Å². The second kappa shape index (κ2) is 5.67. The zero-order valence-corrected chi connectivity index (χ0v) is 14.3. The van der Waals surface area contributed by atoms with Gasteiger partial charge in [0.15, 0.2) is 9.84 Å². The minimum absolute atomic E-state index is 0.0961. The van der Waals surface area contributed by atoms with Gasteiger partial charge in [0.1, 0.15) is 10.5 Å². The highest BCUT2D eigenvalue weighted by atomic mass is 35.5. The summed E-state index contributed by atoms with van der Waals surface area (Å²) < 4.78 is 22.8. The van der Waals surface area contributed by atoms with Crippen molar-refractivity contribution in [2.75, 3.05) is 6.26 Å². The van der Waals surface area contributed by atoms with E-state index in [9.17, 15) is 18.3 Å². The van der Waals surface area contributed by atoms with Crippen LogP contribution in [0.3, 0.4) is 0 Å². The summed E-state index contributed by atoms with van der Waals surface area (Å²) >= 11 is 7.61. The van der Waals surface area contributed by atoms with Crippen molar-refractivity contribution in [2.24, 2.45) is 0 Å². The van der Waals surface area contributed by atoms with E-state index in [0.717, 1.165) is 16.5 Å². The van der Waals surface area contributed by atoms with Gasteiger partial charge in [-0.2, -0.15) is 0 Å². The molecule has 0 saturated heterocycles. The number of carboxylic acid groups (broad SMARTS) is 1. The van der Waals surface area contributed by atoms with Gasteiger partial charge >= 0.3 is 5.97 Å². The van der Waals surface area contributed by atoms with Crippen molar-refractivity contribution >= 4 is 49.0 Å². The van der Waals surface area contributed by atoms with Crippen LogP contribution in [-0.2, 0) is 15.6 Å². The summed E-state index contributed by atoms with van der Waals surface area (Å²) in [5.74, 6) is -1.21. The van der Waals surface area contributed by atoms with E-state index in [0.29, 0.717) is 21.7 Å². The number of hydrogen-bond acceptors (Lipinski definition) is 4. The van der Waals surface area contributed by atoms with E-state index >= 15 is 0 Å². The second-order valence-electron chi connectivity index (χ2n) is 5.22. The minimum atomic E-state index is -3.20. The number of aromatic carboxylic acids is 1. The van der Waals surface area contributed by atoms with Crippen molar-refractivity contribution in [3.63, 3.8) is 0 Å². The molecule has 8 heteroatoms. The highest BCUT2D eigenvalue weighted by molar-refractivity contribution is 7.89. The molecule has 0 bridgehead atoms. The van der Waals surface area contributed by atoms with Gasteiger partial charge < -0.3 is 10.1 Å². The van der Waals surface area contributed by atoms with Crippen LogP contribution in [0.15, 0.2) is 29.6 Å². The Kier molecular flexibility index (Phi) is 3.95. The van der Waals surface area contributed by atoms with Gasteiger partial charge in [0.05, 0.1) is 5.75 Å². The average molecular weight is 370 g/mol. The summed E-state index contributed by atoms with van der Waals surface area (Å²) in [4.78, 5) is 15.1. The monoisotopic (exact) mass is 369 g/mol. The summed E-state index contributed by atoms with van der Waals surface area (Å²) in [6.07, 6.45) is 1.14. The predicted molar refractivity (Wildman–Crippen MR) is 92.1 cm³/mol. The molecule has 2 N–H and O–H groups in total. The zero-order chi connectivity index (χ0) is 16.8. The molecule has 3 aromatic rings. The first-order valence-electron chi connectivity index (χ1n) is 6.55. The molecule has 0 saturated carbocycles. The van der Waals surface area contributed by atoms with E-state index in [1.165, 1.54) is 11.3 Å². The highest BCUT2D eigenvalue weighted by Gasteiger charge is 2.20. The SMILES string of the molecule is CS(=O)(=O)Cc1ccc(-c2c(C(=O)O)[nH]c3sccc23)cc1Cl. The number of aromatic nitrogens is 1. The fourth-order valence-electron chi connectivity index (χ4n) is 2.48. The third kappa shape index (κ3) is 3.12. The molecule has 0 aliphatic heterocycles. The summed E-state index contributed by atoms with van der Waals surface area (Å²) in [5, 5.41) is 12.4. The molecule has 0 fully saturated rings. The maximum absolute atomic E-state index is 11.5. The molecule has 23 heavy (non-hydrogen) atoms. The molecule has 1 aromatic carbocycles. The van der Waals surface area contributed by atoms with Crippen LogP contribution in [0.4, 0.5) is 0 Å². The van der Waals surface area contributed by atoms with Crippen molar-refractivity contribution in [1.82, 2.24) is 4.98 Å². The van der Waals surface area contributed by atoms with Crippen LogP contribution in [0.25, 0.3) is 21.3 Å². The van der Waals surface area contributed by atoms with Crippen LogP contribution in [0.1, 0.15) is 16.1 Å². The van der Waals surface area contributed by atoms with E-state index in [4.69, 9.17) is 11.6 Å². The Bertz CT molecular complexity index is 1020. The Morgan fingerprint density at radius 1 is 1.35 bits per heavy atom. The van der Waals surface area contributed by atoms with Gasteiger partial charge in [0, 0.05) is 22.2 Å². The molecule has 0 unspecified atom stereocenters. The van der Waals surface area contributed by atoms with Gasteiger partial charge in [-0.1, -0.05) is 23.7 Å². The average Bonchev–Trinajstić information content (AvgIpc) is 2.99. The highest BCUT2D eigenvalue weighted by Crippen LogP contribution is 2.37. The number of H-pyrrole nitrogens is 1. The molecule has 2 heterocycles. The van der Waals surface area contributed by atoms with E-state index in [2.05, 4.69) is 4.98 Å². The summed E-state index contributed by atoms with van der Waals surface area (Å²) in [7, 11) is -3.20. The fourth-order valence-corrected chi connectivity index (χ4v) is 4.42. The minimum Gasteiger partial charge on any atom is -0.477 e. The predicted octanol–water partition coefficient (Wildman–Crippen LogP) is 3.79. The quantitative estimate of drug-likeness (QED) is 0.732. The normalized spacial score (nSPS) is 11.9. The molecule has 0 atom stereocenters. The van der Waals surface area contributed by atoms with Crippen molar-refractivity contribution in [3.8, 4) is 11.1 Å². The third-order valence-electron chi connectivity index (χ3n) is 3.40. The van der Waals surface area contributed by atoms with Crippen LogP contribution in [0, 0.1) is 0 Å². The maximum atomic E-state index is 11.5. The second-order valence-corrected chi connectivity index (χ2v) is 8.68. The zero-order valence-electron chi connectivity index (χ0n) is 12.0. The molecule has 0 spiro atoms. The smallest absolute Gasteiger partial charge is 0.353 e. The first-order valence-corrected chi connectivity index (χ1v) is 9.87. The van der Waals surface area contributed by atoms with Crippen LogP contribution in [0.2, 0.25) is 5.02 Å². The maximum Gasteiger partial charge on any atom is 0.353 e. The molecular weight excluding hydrogens is 358 g/mol. The topological polar surface area (TPSA) is 87.2 Å². The first kappa shape index (κ1) is 16.0. The number of fused-ring (bicyclic) bond motifs is 1. The van der Waals surface area contributed by atoms with Gasteiger partial charge in [-0.25, -0.2) is 13.2 Å². The van der Waals surface area contributed by atoms with E-state index < -0.39 is 15.8 Å². The van der Waals surface area contributed by atoms with Crippen molar-refractivity contribution < 1.29 is 18.3 Å². The lowest BCUT2D eigenvalue weighted by atomic mass is 10.0. The number of rotatable bonds is 4. The summed E-state index contributed by atoms with van der Waals surface area (Å²) in [6, 6.07) is 6.76. The number of aromatic amines is 1. The van der Waals surface area contributed by atoms with Crippen LogP contribution >= 0.6 is 22.9 Å². The Labute approximate surface area is 141 Å². The number of thiophene rings is 1. The Morgan fingerprint density at radius 2 is 2.09 bits per heavy atom. The molecule has 0 aliphatic rings. The van der Waals surface area contributed by atoms with E-state index in [1.54, 1.807) is 18.2 Å². The molecule has 0 aliphatic carbocycles. The molecule has 2 aromatic heterocycles. The Hall–Kier alpha value is -1.83. The van der Waals surface area contributed by atoms with E-state index in [-0.39, 0.29) is 11.4 Å². The lowest BCUT2D eigenvalue weighted by molar-refractivity contribution is 0.0692. The van der Waals surface area contributed by atoms with E-state index in [1.807, 2.05) is 11.4 Å². The number of hydrogen-bond donors (Lipinski definition) is 2. The Balaban J connectivity index is 2.16. The van der Waals surface area contributed by atoms with Crippen molar-refractivity contribution in [1.29, 1.82) is 0 Å². The fraction of sp³-hybridized carbons (Fsp3) is 0.133. The first-order chi connectivity index (χ1) is 10.8. The molecule has 5 nitrogen and oxygen atoms in total. The van der Waals surface area contributed by atoms with Gasteiger partial charge in [-0.05, 0) is 28.6 Å². The molecule has 3 rings (SSSR count). The number of nitrogens with one attached hydrogen (secondary N) is 1. The Morgan fingerprint density at radius 3 is 2.70 bits per heavy atom. The lowest BCUT2D eigenvalue weighted by Gasteiger charge is -2.07. The van der Waals surface area contributed by atoms with Crippen LogP contribution in [-0.4, -0.2) is 30.7 Å². The largest absolute Gasteiger partial charge is 0.477 e. The summed E-state index contributed by atoms with van der Waals surface area (Å²) in [6.45, 7) is 0. The molecule has 0 radical (unpaired) electrons. The van der Waals surface area contributed by atoms with Gasteiger partial charge in [-0.3, -0.25) is 0 Å².